The lowest BCUT2D eigenvalue weighted by Gasteiger charge is -2.34. The Labute approximate surface area is 68.6 Å². The summed E-state index contributed by atoms with van der Waals surface area (Å²) < 4.78 is 0. The highest BCUT2D eigenvalue weighted by molar-refractivity contribution is 5.02. The fraction of sp³-hybridized carbons (Fsp3) is 1.00. The van der Waals surface area contributed by atoms with Gasteiger partial charge in [-0.3, -0.25) is 0 Å². The quantitative estimate of drug-likeness (QED) is 0.555. The number of rotatable bonds is 0. The van der Waals surface area contributed by atoms with E-state index in [9.17, 15) is 0 Å². The Morgan fingerprint density at radius 3 is 2.82 bits per heavy atom. The van der Waals surface area contributed by atoms with Gasteiger partial charge in [0, 0.05) is 6.04 Å². The molecule has 2 saturated carbocycles. The molecule has 5 atom stereocenters. The maximum Gasteiger partial charge on any atom is 0.0124 e. The third kappa shape index (κ3) is 0.752. The van der Waals surface area contributed by atoms with Gasteiger partial charge in [-0.2, -0.15) is 0 Å². The highest BCUT2D eigenvalue weighted by atomic mass is 15.0. The summed E-state index contributed by atoms with van der Waals surface area (Å²) in [5.41, 5.74) is 0. The van der Waals surface area contributed by atoms with Crippen LogP contribution in [0.25, 0.3) is 0 Å². The average Bonchev–Trinajstić information content (AvgIpc) is 2.14. The molecular formula is C10H17N. The van der Waals surface area contributed by atoms with E-state index in [2.05, 4.69) is 12.2 Å². The molecule has 0 amide bonds. The number of hydrogen-bond acceptors (Lipinski definition) is 1. The first-order valence-corrected chi connectivity index (χ1v) is 5.08. The average molecular weight is 151 g/mol. The largest absolute Gasteiger partial charge is 0.313 e. The lowest BCUT2D eigenvalue weighted by atomic mass is 9.78. The van der Waals surface area contributed by atoms with Crippen molar-refractivity contribution in [3.05, 3.63) is 0 Å². The first kappa shape index (κ1) is 6.47. The predicted octanol–water partition coefficient (Wildman–Crippen LogP) is 1.64. The topological polar surface area (TPSA) is 12.0 Å². The summed E-state index contributed by atoms with van der Waals surface area (Å²) >= 11 is 0. The molecule has 1 saturated heterocycles. The summed E-state index contributed by atoms with van der Waals surface area (Å²) in [6.07, 6.45) is 4.61. The highest BCUT2D eigenvalue weighted by Gasteiger charge is 2.48. The van der Waals surface area contributed by atoms with Crippen LogP contribution in [0.2, 0.25) is 0 Å². The Morgan fingerprint density at radius 1 is 1.09 bits per heavy atom. The zero-order valence-electron chi connectivity index (χ0n) is 7.22. The molecule has 1 aliphatic heterocycles. The number of nitrogens with one attached hydrogen (secondary N) is 1. The van der Waals surface area contributed by atoms with Gasteiger partial charge in [0.1, 0.15) is 0 Å². The highest BCUT2D eigenvalue weighted by Crippen LogP contribution is 2.50. The third-order valence-electron chi connectivity index (χ3n) is 4.34. The SMILES string of the molecule is C[C@@H]1C2NC[C@@H]3C[C@H]2C[C@H]1C3. The van der Waals surface area contributed by atoms with Crippen LogP contribution in [0.5, 0.6) is 0 Å². The van der Waals surface area contributed by atoms with Gasteiger partial charge in [-0.25, -0.2) is 0 Å². The Bertz CT molecular complexity index is 174. The fourth-order valence-electron chi connectivity index (χ4n) is 3.80. The summed E-state index contributed by atoms with van der Waals surface area (Å²) in [7, 11) is 0. The Kier molecular flexibility index (Phi) is 1.18. The molecular weight excluding hydrogens is 134 g/mol. The van der Waals surface area contributed by atoms with E-state index in [1.807, 2.05) is 0 Å². The predicted molar refractivity (Wildman–Crippen MR) is 45.3 cm³/mol. The van der Waals surface area contributed by atoms with Gasteiger partial charge in [-0.15, -0.1) is 0 Å². The van der Waals surface area contributed by atoms with Crippen LogP contribution < -0.4 is 5.32 Å². The second kappa shape index (κ2) is 2.01. The lowest BCUT2D eigenvalue weighted by molar-refractivity contribution is 0.201. The number of piperidine rings is 1. The van der Waals surface area contributed by atoms with Gasteiger partial charge < -0.3 is 5.32 Å². The van der Waals surface area contributed by atoms with E-state index in [1.54, 1.807) is 6.42 Å². The van der Waals surface area contributed by atoms with Gasteiger partial charge in [-0.05, 0) is 49.5 Å². The van der Waals surface area contributed by atoms with Crippen molar-refractivity contribution >= 4 is 0 Å². The monoisotopic (exact) mass is 151 g/mol. The number of fused-ring (bicyclic) bond motifs is 2. The molecule has 2 aliphatic carbocycles. The summed E-state index contributed by atoms with van der Waals surface area (Å²) in [5.74, 6) is 4.16. The molecule has 0 aromatic carbocycles. The molecule has 0 aromatic heterocycles. The van der Waals surface area contributed by atoms with E-state index in [1.165, 1.54) is 19.4 Å². The molecule has 0 spiro atoms. The minimum absolute atomic E-state index is 0.902. The van der Waals surface area contributed by atoms with Crippen molar-refractivity contribution in [2.24, 2.45) is 23.7 Å². The number of hydrogen-bond donors (Lipinski definition) is 1. The fourth-order valence-corrected chi connectivity index (χ4v) is 3.80. The van der Waals surface area contributed by atoms with Crippen LogP contribution in [0.3, 0.4) is 0 Å². The zero-order chi connectivity index (χ0) is 7.42. The Balaban J connectivity index is 1.96. The van der Waals surface area contributed by atoms with Crippen LogP contribution in [0.1, 0.15) is 26.2 Å². The van der Waals surface area contributed by atoms with Crippen LogP contribution in [0.15, 0.2) is 0 Å². The Morgan fingerprint density at radius 2 is 1.91 bits per heavy atom. The van der Waals surface area contributed by atoms with E-state index in [0.717, 1.165) is 29.7 Å². The van der Waals surface area contributed by atoms with Crippen LogP contribution in [-0.4, -0.2) is 12.6 Å². The van der Waals surface area contributed by atoms with E-state index < -0.39 is 0 Å². The third-order valence-corrected chi connectivity index (χ3v) is 4.34. The second-order valence-corrected chi connectivity index (χ2v) is 4.89. The van der Waals surface area contributed by atoms with Gasteiger partial charge in [0.25, 0.3) is 0 Å². The standard InChI is InChI=1S/C10H17N/c1-6-8-2-7-3-9(4-8)10(6)11-5-7/h6-11H,2-5H2,1H3/t6-,7-,8+,9-,10?/m0/s1. The molecule has 1 heteroatoms. The minimum Gasteiger partial charge on any atom is -0.313 e. The Hall–Kier alpha value is -0.0400. The van der Waals surface area contributed by atoms with Gasteiger partial charge in [0.15, 0.2) is 0 Å². The van der Waals surface area contributed by atoms with Crippen molar-refractivity contribution < 1.29 is 0 Å². The minimum atomic E-state index is 0.902. The molecule has 11 heavy (non-hydrogen) atoms. The molecule has 1 unspecified atom stereocenters. The smallest absolute Gasteiger partial charge is 0.0124 e. The summed E-state index contributed by atoms with van der Waals surface area (Å²) in [6, 6.07) is 0.902. The summed E-state index contributed by atoms with van der Waals surface area (Å²) in [6.45, 7) is 3.78. The molecule has 62 valence electrons. The van der Waals surface area contributed by atoms with E-state index >= 15 is 0 Å². The molecule has 1 heterocycles. The van der Waals surface area contributed by atoms with Gasteiger partial charge >= 0.3 is 0 Å². The van der Waals surface area contributed by atoms with Gasteiger partial charge in [0.2, 0.25) is 0 Å². The summed E-state index contributed by atoms with van der Waals surface area (Å²) in [5, 5.41) is 3.72. The molecule has 0 radical (unpaired) electrons. The maximum absolute atomic E-state index is 3.72. The molecule has 3 fully saturated rings. The van der Waals surface area contributed by atoms with Crippen molar-refractivity contribution in [1.82, 2.24) is 5.32 Å². The van der Waals surface area contributed by atoms with Gasteiger partial charge in [0.05, 0.1) is 0 Å². The molecule has 1 nitrogen and oxygen atoms in total. The van der Waals surface area contributed by atoms with E-state index in [0.29, 0.717) is 0 Å². The van der Waals surface area contributed by atoms with Gasteiger partial charge in [-0.1, -0.05) is 6.92 Å². The van der Waals surface area contributed by atoms with Crippen molar-refractivity contribution in [1.29, 1.82) is 0 Å². The molecule has 3 rings (SSSR count). The van der Waals surface area contributed by atoms with Crippen LogP contribution >= 0.6 is 0 Å². The molecule has 1 N–H and O–H groups in total. The molecule has 3 bridgehead atoms. The zero-order valence-corrected chi connectivity index (χ0v) is 7.22. The van der Waals surface area contributed by atoms with Crippen LogP contribution in [0, 0.1) is 23.7 Å². The van der Waals surface area contributed by atoms with Crippen LogP contribution in [0.4, 0.5) is 0 Å². The van der Waals surface area contributed by atoms with Crippen molar-refractivity contribution in [3.63, 3.8) is 0 Å². The normalized spacial score (nSPS) is 60.3. The first-order chi connectivity index (χ1) is 5.34. The lowest BCUT2D eigenvalue weighted by Crippen LogP contribution is -2.43. The first-order valence-electron chi connectivity index (χ1n) is 5.08. The second-order valence-electron chi connectivity index (χ2n) is 4.89. The summed E-state index contributed by atoms with van der Waals surface area (Å²) in [4.78, 5) is 0. The van der Waals surface area contributed by atoms with Crippen molar-refractivity contribution in [2.45, 2.75) is 32.2 Å². The van der Waals surface area contributed by atoms with Crippen molar-refractivity contribution in [2.75, 3.05) is 6.54 Å². The maximum atomic E-state index is 3.72. The van der Waals surface area contributed by atoms with Crippen LogP contribution in [-0.2, 0) is 0 Å². The van der Waals surface area contributed by atoms with Crippen molar-refractivity contribution in [3.8, 4) is 0 Å². The van der Waals surface area contributed by atoms with E-state index in [4.69, 9.17) is 0 Å². The van der Waals surface area contributed by atoms with E-state index in [-0.39, 0.29) is 0 Å². The molecule has 3 aliphatic rings. The molecule has 0 aromatic rings.